The Labute approximate surface area is 166 Å². The largest absolute Gasteiger partial charge is 0.326 e. The average molecular weight is 427 g/mol. The highest BCUT2D eigenvalue weighted by Gasteiger charge is 2.43. The van der Waals surface area contributed by atoms with Gasteiger partial charge < -0.3 is 4.90 Å². The van der Waals surface area contributed by atoms with E-state index in [0.29, 0.717) is 5.69 Å². The molecule has 0 aliphatic carbocycles. The van der Waals surface area contributed by atoms with Crippen LogP contribution in [0.4, 0.5) is 5.69 Å². The van der Waals surface area contributed by atoms with Crippen LogP contribution in [0.25, 0.3) is 0 Å². The van der Waals surface area contributed by atoms with E-state index in [9.17, 15) is 14.4 Å². The summed E-state index contributed by atoms with van der Waals surface area (Å²) in [5.74, 6) is -0.899. The number of amides is 3. The van der Waals surface area contributed by atoms with Crippen molar-refractivity contribution in [3.05, 3.63) is 77.3 Å². The molecule has 1 unspecified atom stereocenters. The Kier molecular flexibility index (Phi) is 5.86. The number of nitrogens with zero attached hydrogens (tertiary/aromatic N) is 2. The molecule has 0 radical (unpaired) electrons. The summed E-state index contributed by atoms with van der Waals surface area (Å²) in [6.45, 7) is 3.90. The van der Waals surface area contributed by atoms with Gasteiger partial charge in [-0.15, -0.1) is 6.58 Å². The summed E-state index contributed by atoms with van der Waals surface area (Å²) in [7, 11) is 0. The van der Waals surface area contributed by atoms with Crippen molar-refractivity contribution in [3.63, 3.8) is 0 Å². The van der Waals surface area contributed by atoms with Crippen molar-refractivity contribution in [1.29, 1.82) is 0 Å². The van der Waals surface area contributed by atoms with E-state index in [0.717, 1.165) is 14.9 Å². The predicted octanol–water partition coefficient (Wildman–Crippen LogP) is 3.34. The van der Waals surface area contributed by atoms with Crippen LogP contribution in [0.3, 0.4) is 0 Å². The highest BCUT2D eigenvalue weighted by molar-refractivity contribution is 9.10. The lowest BCUT2D eigenvalue weighted by Gasteiger charge is -2.26. The Balaban J connectivity index is 1.82. The number of carbonyl (C=O) groups excluding carboxylic acids is 3. The molecule has 1 heterocycles. The number of anilines is 1. The predicted molar refractivity (Wildman–Crippen MR) is 107 cm³/mol. The third-order valence-corrected chi connectivity index (χ3v) is 4.96. The van der Waals surface area contributed by atoms with Crippen LogP contribution in [-0.4, -0.2) is 35.2 Å². The number of hydrogen-bond acceptors (Lipinski definition) is 3. The van der Waals surface area contributed by atoms with Crippen LogP contribution < -0.4 is 4.90 Å². The fraction of sp³-hybridized carbons (Fsp3) is 0.190. The van der Waals surface area contributed by atoms with E-state index in [-0.39, 0.29) is 37.1 Å². The second kappa shape index (κ2) is 8.31. The molecule has 0 saturated carbocycles. The van der Waals surface area contributed by atoms with Gasteiger partial charge in [0.1, 0.15) is 6.04 Å². The summed E-state index contributed by atoms with van der Waals surface area (Å²) in [5, 5.41) is 0. The summed E-state index contributed by atoms with van der Waals surface area (Å²) < 4.78 is 0.855. The maximum atomic E-state index is 12.9. The third-order valence-electron chi connectivity index (χ3n) is 4.43. The lowest BCUT2D eigenvalue weighted by molar-refractivity contribution is -0.137. The van der Waals surface area contributed by atoms with E-state index < -0.39 is 6.04 Å². The SMILES string of the molecule is C=CCN(C(=O)Cc1ccccc1)C1CC(=O)N(c2ccc(Br)cc2)C1=O. The number of hydrogen-bond donors (Lipinski definition) is 0. The van der Waals surface area contributed by atoms with Gasteiger partial charge in [0.05, 0.1) is 18.5 Å². The summed E-state index contributed by atoms with van der Waals surface area (Å²) in [6.07, 6.45) is 1.72. The van der Waals surface area contributed by atoms with E-state index in [1.165, 1.54) is 4.90 Å². The van der Waals surface area contributed by atoms with Crippen molar-refractivity contribution in [2.75, 3.05) is 11.4 Å². The van der Waals surface area contributed by atoms with Crippen LogP contribution in [-0.2, 0) is 20.8 Å². The van der Waals surface area contributed by atoms with Gasteiger partial charge in [-0.25, -0.2) is 4.90 Å². The molecule has 0 N–H and O–H groups in total. The summed E-state index contributed by atoms with van der Waals surface area (Å²) in [4.78, 5) is 40.9. The first-order valence-corrected chi connectivity index (χ1v) is 9.37. The van der Waals surface area contributed by atoms with Gasteiger partial charge >= 0.3 is 0 Å². The lowest BCUT2D eigenvalue weighted by Crippen LogP contribution is -2.46. The zero-order valence-electron chi connectivity index (χ0n) is 14.7. The fourth-order valence-corrected chi connectivity index (χ4v) is 3.40. The topological polar surface area (TPSA) is 57.7 Å². The van der Waals surface area contributed by atoms with Crippen molar-refractivity contribution in [2.45, 2.75) is 18.9 Å². The Morgan fingerprint density at radius 2 is 1.81 bits per heavy atom. The monoisotopic (exact) mass is 426 g/mol. The molecule has 2 aromatic carbocycles. The van der Waals surface area contributed by atoms with Crippen molar-refractivity contribution in [2.24, 2.45) is 0 Å². The van der Waals surface area contributed by atoms with Gasteiger partial charge in [0.2, 0.25) is 11.8 Å². The highest BCUT2D eigenvalue weighted by atomic mass is 79.9. The molecule has 27 heavy (non-hydrogen) atoms. The van der Waals surface area contributed by atoms with E-state index in [1.54, 1.807) is 30.3 Å². The van der Waals surface area contributed by atoms with Gasteiger partial charge in [-0.2, -0.15) is 0 Å². The Bertz CT molecular complexity index is 865. The van der Waals surface area contributed by atoms with E-state index in [1.807, 2.05) is 30.3 Å². The van der Waals surface area contributed by atoms with Gasteiger partial charge in [-0.05, 0) is 29.8 Å². The molecule has 0 bridgehead atoms. The maximum Gasteiger partial charge on any atom is 0.257 e. The number of carbonyl (C=O) groups is 3. The van der Waals surface area contributed by atoms with Crippen LogP contribution in [0.15, 0.2) is 71.7 Å². The molecular weight excluding hydrogens is 408 g/mol. The number of imide groups is 1. The van der Waals surface area contributed by atoms with Gasteiger partial charge in [-0.3, -0.25) is 14.4 Å². The molecule has 3 rings (SSSR count). The summed E-state index contributed by atoms with van der Waals surface area (Å²) >= 11 is 3.34. The van der Waals surface area contributed by atoms with Crippen LogP contribution in [0.5, 0.6) is 0 Å². The Morgan fingerprint density at radius 3 is 2.44 bits per heavy atom. The first-order valence-electron chi connectivity index (χ1n) is 8.58. The first kappa shape index (κ1) is 19.0. The second-order valence-electron chi connectivity index (χ2n) is 6.26. The zero-order chi connectivity index (χ0) is 19.4. The molecule has 138 valence electrons. The van der Waals surface area contributed by atoms with Crippen molar-refractivity contribution < 1.29 is 14.4 Å². The van der Waals surface area contributed by atoms with Crippen LogP contribution >= 0.6 is 15.9 Å². The smallest absolute Gasteiger partial charge is 0.257 e. The van der Waals surface area contributed by atoms with E-state index >= 15 is 0 Å². The minimum atomic E-state index is -0.810. The molecule has 1 aliphatic heterocycles. The molecule has 1 atom stereocenters. The Hall–Kier alpha value is -2.73. The second-order valence-corrected chi connectivity index (χ2v) is 7.18. The number of benzene rings is 2. The molecular formula is C21H19BrN2O3. The van der Waals surface area contributed by atoms with Crippen LogP contribution in [0.1, 0.15) is 12.0 Å². The van der Waals surface area contributed by atoms with Crippen molar-refractivity contribution in [1.82, 2.24) is 4.90 Å². The maximum absolute atomic E-state index is 12.9. The van der Waals surface area contributed by atoms with Gasteiger partial charge in [-0.1, -0.05) is 52.3 Å². The van der Waals surface area contributed by atoms with Gasteiger partial charge in [0.15, 0.2) is 0 Å². The zero-order valence-corrected chi connectivity index (χ0v) is 16.3. The minimum Gasteiger partial charge on any atom is -0.326 e. The molecule has 1 saturated heterocycles. The molecule has 2 aromatic rings. The molecule has 1 fully saturated rings. The summed E-state index contributed by atoms with van der Waals surface area (Å²) in [5.41, 5.74) is 1.36. The van der Waals surface area contributed by atoms with Crippen LogP contribution in [0, 0.1) is 0 Å². The van der Waals surface area contributed by atoms with E-state index in [2.05, 4.69) is 22.5 Å². The molecule has 5 nitrogen and oxygen atoms in total. The molecule has 3 amide bonds. The highest BCUT2D eigenvalue weighted by Crippen LogP contribution is 2.27. The van der Waals surface area contributed by atoms with Crippen molar-refractivity contribution in [3.8, 4) is 0 Å². The normalized spacial score (nSPS) is 16.5. The van der Waals surface area contributed by atoms with E-state index in [4.69, 9.17) is 0 Å². The molecule has 0 spiro atoms. The lowest BCUT2D eigenvalue weighted by atomic mass is 10.1. The fourth-order valence-electron chi connectivity index (χ4n) is 3.13. The Morgan fingerprint density at radius 1 is 1.15 bits per heavy atom. The molecule has 0 aromatic heterocycles. The summed E-state index contributed by atoms with van der Waals surface area (Å²) in [6, 6.07) is 15.5. The van der Waals surface area contributed by atoms with Crippen LogP contribution in [0.2, 0.25) is 0 Å². The van der Waals surface area contributed by atoms with Crippen molar-refractivity contribution >= 4 is 39.3 Å². The standard InChI is InChI=1S/C21H19BrN2O3/c1-2-12-23(19(25)13-15-6-4-3-5-7-15)18-14-20(26)24(21(18)27)17-10-8-16(22)9-11-17/h2-11,18H,1,12-14H2. The quantitative estimate of drug-likeness (QED) is 0.525. The molecule has 6 heteroatoms. The minimum absolute atomic E-state index is 0.0245. The number of halogens is 1. The molecule has 1 aliphatic rings. The third kappa shape index (κ3) is 4.17. The van der Waals surface area contributed by atoms with Gasteiger partial charge in [0.25, 0.3) is 5.91 Å². The number of rotatable bonds is 6. The average Bonchev–Trinajstić information content (AvgIpc) is 2.95. The van der Waals surface area contributed by atoms with Gasteiger partial charge in [0, 0.05) is 11.0 Å². The first-order chi connectivity index (χ1) is 13.0.